The summed E-state index contributed by atoms with van der Waals surface area (Å²) in [5, 5.41) is 0. The van der Waals surface area contributed by atoms with Gasteiger partial charge in [0, 0.05) is 17.8 Å². The van der Waals surface area contributed by atoms with Crippen molar-refractivity contribution >= 4 is 21.6 Å². The van der Waals surface area contributed by atoms with E-state index in [0.717, 1.165) is 37.8 Å². The number of nitrogens with one attached hydrogen (secondary N) is 2. The fraction of sp³-hybridized carbons (Fsp3) is 0.636. The van der Waals surface area contributed by atoms with Crippen molar-refractivity contribution in [3.8, 4) is 0 Å². The monoisotopic (exact) mass is 483 g/mol. The highest BCUT2D eigenvalue weighted by Crippen LogP contribution is 2.42. The standard InChI is InChI=1S/C22H30ClN3O5S/c1-32(28,29)26-16-9-10-22(11-16,21-24-17(12-23)13-30-21)14-31-18-7-5-15(6-8-18)19-3-2-4-20(27)25-19/h2-4,13,15-16,18,26H,5-12,14H2,1H3,(H,25,27)/t15?,16-,18?,22-/m0/s1. The Labute approximate surface area is 193 Å². The van der Waals surface area contributed by atoms with Gasteiger partial charge in [0.15, 0.2) is 0 Å². The minimum atomic E-state index is -3.30. The van der Waals surface area contributed by atoms with E-state index in [2.05, 4.69) is 14.7 Å². The third kappa shape index (κ3) is 5.62. The molecule has 0 spiro atoms. The first-order chi connectivity index (χ1) is 15.3. The summed E-state index contributed by atoms with van der Waals surface area (Å²) in [5.41, 5.74) is 1.11. The predicted molar refractivity (Wildman–Crippen MR) is 121 cm³/mol. The first-order valence-corrected chi connectivity index (χ1v) is 13.5. The molecule has 8 nitrogen and oxygen atoms in total. The van der Waals surface area contributed by atoms with Gasteiger partial charge in [-0.25, -0.2) is 18.1 Å². The van der Waals surface area contributed by atoms with E-state index in [1.54, 1.807) is 12.3 Å². The lowest BCUT2D eigenvalue weighted by molar-refractivity contribution is -0.0102. The van der Waals surface area contributed by atoms with Crippen LogP contribution in [0.5, 0.6) is 0 Å². The number of sulfonamides is 1. The molecule has 2 N–H and O–H groups in total. The van der Waals surface area contributed by atoms with Crippen molar-refractivity contribution in [2.45, 2.75) is 74.3 Å². The maximum atomic E-state index is 11.7. The van der Waals surface area contributed by atoms with Crippen molar-refractivity contribution < 1.29 is 17.6 Å². The zero-order chi connectivity index (χ0) is 22.8. The van der Waals surface area contributed by atoms with Gasteiger partial charge in [-0.05, 0) is 56.9 Å². The van der Waals surface area contributed by atoms with Gasteiger partial charge in [0.1, 0.15) is 6.26 Å². The van der Waals surface area contributed by atoms with E-state index in [-0.39, 0.29) is 23.6 Å². The topological polar surface area (TPSA) is 114 Å². The number of halogens is 1. The number of ether oxygens (including phenoxy) is 1. The lowest BCUT2D eigenvalue weighted by Crippen LogP contribution is -2.37. The number of pyridine rings is 1. The van der Waals surface area contributed by atoms with Gasteiger partial charge in [0.2, 0.25) is 21.5 Å². The molecule has 2 saturated carbocycles. The highest BCUT2D eigenvalue weighted by molar-refractivity contribution is 7.88. The molecule has 2 aromatic heterocycles. The van der Waals surface area contributed by atoms with Crippen molar-refractivity contribution in [3.05, 3.63) is 52.1 Å². The second kappa shape index (κ2) is 9.67. The first kappa shape index (κ1) is 23.5. The SMILES string of the molecule is CS(=O)(=O)N[C@H]1CC[C@](COC2CCC(c3cccc(=O)[nH]3)CC2)(c2nc(CCl)co2)C1. The van der Waals surface area contributed by atoms with E-state index < -0.39 is 15.4 Å². The summed E-state index contributed by atoms with van der Waals surface area (Å²) in [4.78, 5) is 19.1. The van der Waals surface area contributed by atoms with Crippen LogP contribution in [0.15, 0.2) is 33.7 Å². The molecule has 0 aliphatic heterocycles. The smallest absolute Gasteiger partial charge is 0.248 e. The molecule has 0 bridgehead atoms. The maximum absolute atomic E-state index is 11.7. The number of rotatable bonds is 8. The number of nitrogens with zero attached hydrogens (tertiary/aromatic N) is 1. The van der Waals surface area contributed by atoms with Gasteiger partial charge in [-0.15, -0.1) is 11.6 Å². The fourth-order valence-corrected chi connectivity index (χ4v) is 5.98. The van der Waals surface area contributed by atoms with E-state index in [9.17, 15) is 13.2 Å². The van der Waals surface area contributed by atoms with Crippen molar-refractivity contribution in [3.63, 3.8) is 0 Å². The number of aromatic nitrogens is 2. The zero-order valence-corrected chi connectivity index (χ0v) is 19.8. The average Bonchev–Trinajstić information content (AvgIpc) is 3.39. The van der Waals surface area contributed by atoms with Crippen molar-refractivity contribution in [1.29, 1.82) is 0 Å². The van der Waals surface area contributed by atoms with Crippen molar-refractivity contribution in [1.82, 2.24) is 14.7 Å². The number of H-pyrrole nitrogens is 1. The molecule has 2 fully saturated rings. The molecule has 0 unspecified atom stereocenters. The Bertz CT molecular complexity index is 1080. The van der Waals surface area contributed by atoms with Crippen LogP contribution in [0.1, 0.15) is 68.1 Å². The zero-order valence-electron chi connectivity index (χ0n) is 18.2. The van der Waals surface area contributed by atoms with E-state index in [1.165, 1.54) is 12.3 Å². The number of oxazole rings is 1. The second-order valence-corrected chi connectivity index (χ2v) is 11.2. The summed E-state index contributed by atoms with van der Waals surface area (Å²) >= 11 is 5.91. The molecule has 0 aromatic carbocycles. The number of hydrogen-bond acceptors (Lipinski definition) is 6. The molecular formula is C22H30ClN3O5S. The normalized spacial score (nSPS) is 28.8. The van der Waals surface area contributed by atoms with E-state index in [1.807, 2.05) is 6.07 Å². The molecule has 0 radical (unpaired) electrons. The molecular weight excluding hydrogens is 454 g/mol. The summed E-state index contributed by atoms with van der Waals surface area (Å²) < 4.78 is 38.3. The highest BCUT2D eigenvalue weighted by Gasteiger charge is 2.46. The molecule has 2 aliphatic carbocycles. The second-order valence-electron chi connectivity index (χ2n) is 9.14. The minimum absolute atomic E-state index is 0.0661. The fourth-order valence-electron chi connectivity index (χ4n) is 5.05. The Balaban J connectivity index is 1.41. The van der Waals surface area contributed by atoms with Crippen molar-refractivity contribution in [2.24, 2.45) is 0 Å². The van der Waals surface area contributed by atoms with Gasteiger partial charge >= 0.3 is 0 Å². The Hall–Kier alpha value is -1.68. The molecule has 4 rings (SSSR count). The van der Waals surface area contributed by atoms with Crippen LogP contribution in [0, 0.1) is 0 Å². The lowest BCUT2D eigenvalue weighted by Gasteiger charge is -2.32. The predicted octanol–water partition coefficient (Wildman–Crippen LogP) is 3.18. The largest absolute Gasteiger partial charge is 0.448 e. The van der Waals surface area contributed by atoms with Crippen LogP contribution in [0.2, 0.25) is 0 Å². The number of aromatic amines is 1. The Morgan fingerprint density at radius 2 is 2.06 bits per heavy atom. The molecule has 2 aliphatic rings. The van der Waals surface area contributed by atoms with Crippen LogP contribution < -0.4 is 10.3 Å². The number of hydrogen-bond donors (Lipinski definition) is 2. The molecule has 176 valence electrons. The summed E-state index contributed by atoms with van der Waals surface area (Å²) in [6, 6.07) is 5.13. The van der Waals surface area contributed by atoms with Gasteiger partial charge in [0.05, 0.1) is 36.0 Å². The van der Waals surface area contributed by atoms with Gasteiger partial charge in [-0.3, -0.25) is 4.79 Å². The number of alkyl halides is 1. The molecule has 2 aromatic rings. The summed E-state index contributed by atoms with van der Waals surface area (Å²) in [6.07, 6.45) is 8.56. The molecule has 32 heavy (non-hydrogen) atoms. The van der Waals surface area contributed by atoms with Gasteiger partial charge in [-0.1, -0.05) is 6.07 Å². The Kier molecular flexibility index (Phi) is 7.09. The highest BCUT2D eigenvalue weighted by atomic mass is 35.5. The van der Waals surface area contributed by atoms with Crippen LogP contribution in [-0.2, 0) is 26.1 Å². The van der Waals surface area contributed by atoms with Crippen LogP contribution >= 0.6 is 11.6 Å². The molecule has 2 atom stereocenters. The average molecular weight is 484 g/mol. The van der Waals surface area contributed by atoms with E-state index >= 15 is 0 Å². The van der Waals surface area contributed by atoms with Gasteiger partial charge in [-0.2, -0.15) is 0 Å². The third-order valence-corrected chi connectivity index (χ3v) is 7.67. The van der Waals surface area contributed by atoms with Gasteiger partial charge < -0.3 is 14.1 Å². The molecule has 0 saturated heterocycles. The van der Waals surface area contributed by atoms with E-state index in [0.29, 0.717) is 37.0 Å². The molecule has 2 heterocycles. The van der Waals surface area contributed by atoms with Crippen LogP contribution in [0.3, 0.4) is 0 Å². The summed E-state index contributed by atoms with van der Waals surface area (Å²) in [7, 11) is -3.30. The minimum Gasteiger partial charge on any atom is -0.448 e. The quantitative estimate of drug-likeness (QED) is 0.557. The first-order valence-electron chi connectivity index (χ1n) is 11.1. The van der Waals surface area contributed by atoms with Crippen LogP contribution in [0.25, 0.3) is 0 Å². The molecule has 10 heteroatoms. The van der Waals surface area contributed by atoms with Gasteiger partial charge in [0.25, 0.3) is 0 Å². The lowest BCUT2D eigenvalue weighted by atomic mass is 9.84. The maximum Gasteiger partial charge on any atom is 0.248 e. The van der Waals surface area contributed by atoms with Crippen molar-refractivity contribution in [2.75, 3.05) is 12.9 Å². The summed E-state index contributed by atoms with van der Waals surface area (Å²) in [6.45, 7) is 0.425. The van der Waals surface area contributed by atoms with Crippen LogP contribution in [-0.4, -0.2) is 43.4 Å². The Morgan fingerprint density at radius 3 is 2.72 bits per heavy atom. The van der Waals surface area contributed by atoms with E-state index in [4.69, 9.17) is 20.8 Å². The third-order valence-electron chi connectivity index (χ3n) is 6.63. The Morgan fingerprint density at radius 1 is 1.28 bits per heavy atom. The van der Waals surface area contributed by atoms with Crippen LogP contribution in [0.4, 0.5) is 0 Å². The molecule has 0 amide bonds. The summed E-state index contributed by atoms with van der Waals surface area (Å²) in [5.74, 6) is 1.17.